The highest BCUT2D eigenvalue weighted by Crippen LogP contribution is 2.36. The summed E-state index contributed by atoms with van der Waals surface area (Å²) in [6, 6.07) is 23.3. The first-order chi connectivity index (χ1) is 14.1. The smallest absolute Gasteiger partial charge is 0.249 e. The van der Waals surface area contributed by atoms with Gasteiger partial charge in [0.05, 0.1) is 16.2 Å². The molecule has 29 heavy (non-hydrogen) atoms. The number of halogens is 1. The Hall–Kier alpha value is -3.50. The van der Waals surface area contributed by atoms with E-state index >= 15 is 0 Å². The molecule has 5 heteroatoms. The van der Waals surface area contributed by atoms with E-state index in [2.05, 4.69) is 16.0 Å². The number of benzene rings is 2. The van der Waals surface area contributed by atoms with E-state index in [9.17, 15) is 4.79 Å². The first kappa shape index (κ1) is 17.6. The zero-order valence-corrected chi connectivity index (χ0v) is 16.4. The van der Waals surface area contributed by atoms with Crippen molar-refractivity contribution in [1.82, 2.24) is 15.0 Å². The molecule has 0 aliphatic heterocycles. The molecule has 140 valence electrons. The van der Waals surface area contributed by atoms with Gasteiger partial charge < -0.3 is 4.98 Å². The molecular formula is C24H16ClN3O. The summed E-state index contributed by atoms with van der Waals surface area (Å²) in [5.41, 5.74) is 5.75. The summed E-state index contributed by atoms with van der Waals surface area (Å²) in [4.78, 5) is 24.0. The molecule has 0 unspecified atom stereocenters. The van der Waals surface area contributed by atoms with E-state index in [1.807, 2.05) is 61.5 Å². The van der Waals surface area contributed by atoms with Crippen molar-refractivity contribution < 1.29 is 0 Å². The van der Waals surface area contributed by atoms with Crippen LogP contribution in [0.2, 0.25) is 5.02 Å². The molecule has 0 saturated heterocycles. The molecule has 0 spiro atoms. The van der Waals surface area contributed by atoms with Crippen LogP contribution in [0.3, 0.4) is 0 Å². The highest BCUT2D eigenvalue weighted by molar-refractivity contribution is 6.35. The van der Waals surface area contributed by atoms with Crippen molar-refractivity contribution in [3.8, 4) is 22.4 Å². The molecule has 0 radical (unpaired) electrons. The largest absolute Gasteiger partial charge is 0.307 e. The fourth-order valence-corrected chi connectivity index (χ4v) is 3.83. The molecule has 0 atom stereocenters. The Balaban J connectivity index is 1.84. The van der Waals surface area contributed by atoms with Crippen LogP contribution >= 0.6 is 11.6 Å². The van der Waals surface area contributed by atoms with Crippen molar-refractivity contribution in [2.45, 2.75) is 6.92 Å². The second-order valence-electron chi connectivity index (χ2n) is 6.99. The van der Waals surface area contributed by atoms with E-state index in [1.165, 1.54) is 6.07 Å². The molecule has 3 aromatic heterocycles. The molecule has 0 bridgehead atoms. The number of fused-ring (bicyclic) bond motifs is 2. The number of nitrogens with zero attached hydrogens (tertiary/aromatic N) is 2. The summed E-state index contributed by atoms with van der Waals surface area (Å²) < 4.78 is 0. The molecular weight excluding hydrogens is 382 g/mol. The van der Waals surface area contributed by atoms with Gasteiger partial charge in [-0.25, -0.2) is 4.98 Å². The van der Waals surface area contributed by atoms with E-state index in [-0.39, 0.29) is 5.56 Å². The average molecular weight is 398 g/mol. The minimum atomic E-state index is -0.174. The highest BCUT2D eigenvalue weighted by Gasteiger charge is 2.14. The number of rotatable bonds is 2. The summed E-state index contributed by atoms with van der Waals surface area (Å²) >= 11 is 6.59. The maximum absolute atomic E-state index is 11.8. The molecule has 5 aromatic rings. The molecule has 1 N–H and O–H groups in total. The highest BCUT2D eigenvalue weighted by atomic mass is 35.5. The van der Waals surface area contributed by atoms with Crippen molar-refractivity contribution in [3.05, 3.63) is 93.9 Å². The fourth-order valence-electron chi connectivity index (χ4n) is 3.56. The number of aryl methyl sites for hydroxylation is 1. The van der Waals surface area contributed by atoms with Gasteiger partial charge >= 0.3 is 0 Å². The van der Waals surface area contributed by atoms with Crippen LogP contribution in [0.15, 0.2) is 77.6 Å². The van der Waals surface area contributed by atoms with Crippen LogP contribution < -0.4 is 5.56 Å². The Morgan fingerprint density at radius 1 is 0.828 bits per heavy atom. The Bertz CT molecular complexity index is 1440. The summed E-state index contributed by atoms with van der Waals surface area (Å²) in [6.07, 6.45) is 0. The molecule has 5 rings (SSSR count). The quantitative estimate of drug-likeness (QED) is 0.411. The van der Waals surface area contributed by atoms with Crippen molar-refractivity contribution in [2.24, 2.45) is 0 Å². The molecule has 0 amide bonds. The third-order valence-electron chi connectivity index (χ3n) is 4.95. The lowest BCUT2D eigenvalue weighted by molar-refractivity contribution is 1.23. The number of hydrogen-bond donors (Lipinski definition) is 1. The molecule has 4 nitrogen and oxygen atoms in total. The topological polar surface area (TPSA) is 58.6 Å². The van der Waals surface area contributed by atoms with Crippen LogP contribution in [0.4, 0.5) is 0 Å². The lowest BCUT2D eigenvalue weighted by Gasteiger charge is -2.13. The lowest BCUT2D eigenvalue weighted by atomic mass is 9.97. The number of aromatic nitrogens is 3. The van der Waals surface area contributed by atoms with Gasteiger partial charge in [0.15, 0.2) is 0 Å². The van der Waals surface area contributed by atoms with Crippen LogP contribution in [0, 0.1) is 6.92 Å². The van der Waals surface area contributed by atoms with Gasteiger partial charge in [-0.05, 0) is 42.8 Å². The van der Waals surface area contributed by atoms with Crippen LogP contribution in [-0.2, 0) is 0 Å². The number of nitrogens with one attached hydrogen (secondary N) is 1. The predicted octanol–water partition coefficient (Wildman–Crippen LogP) is 5.77. The summed E-state index contributed by atoms with van der Waals surface area (Å²) in [5.74, 6) is 0. The summed E-state index contributed by atoms with van der Waals surface area (Å²) in [5, 5.41) is 2.43. The molecule has 0 saturated carbocycles. The predicted molar refractivity (Wildman–Crippen MR) is 118 cm³/mol. The fraction of sp³-hybridized carbons (Fsp3) is 0.0417. The van der Waals surface area contributed by atoms with Crippen molar-refractivity contribution >= 4 is 33.5 Å². The van der Waals surface area contributed by atoms with Crippen molar-refractivity contribution in [1.29, 1.82) is 0 Å². The van der Waals surface area contributed by atoms with Gasteiger partial charge in [-0.15, -0.1) is 0 Å². The number of pyridine rings is 3. The van der Waals surface area contributed by atoms with E-state index in [4.69, 9.17) is 16.6 Å². The minimum absolute atomic E-state index is 0.174. The SMILES string of the molecule is Cc1ccc2cc(-c3cc4ccc(=O)[nH]c4nc3-c3ccccc3)cc(Cl)c2n1. The standard InChI is InChI=1S/C24H16ClN3O/c1-14-7-8-16-11-18(13-20(25)23(16)26-14)19-12-17-9-10-21(29)27-24(17)28-22(19)15-5-3-2-4-6-15/h2-13H,1H3,(H,27,28,29). The molecule has 0 aliphatic rings. The third kappa shape index (κ3) is 3.18. The van der Waals surface area contributed by atoms with Gasteiger partial charge in [-0.1, -0.05) is 48.0 Å². The van der Waals surface area contributed by atoms with Gasteiger partial charge in [0, 0.05) is 33.7 Å². The third-order valence-corrected chi connectivity index (χ3v) is 5.24. The number of H-pyrrole nitrogens is 1. The Morgan fingerprint density at radius 3 is 2.45 bits per heavy atom. The van der Waals surface area contributed by atoms with Gasteiger partial charge in [0.2, 0.25) is 5.56 Å². The van der Waals surface area contributed by atoms with Crippen molar-refractivity contribution in [2.75, 3.05) is 0 Å². The van der Waals surface area contributed by atoms with E-state index in [0.717, 1.165) is 44.4 Å². The zero-order chi connectivity index (χ0) is 20.0. The Kier molecular flexibility index (Phi) is 4.14. The van der Waals surface area contributed by atoms with Crippen LogP contribution in [0.5, 0.6) is 0 Å². The van der Waals surface area contributed by atoms with Crippen LogP contribution in [0.25, 0.3) is 44.3 Å². The minimum Gasteiger partial charge on any atom is -0.307 e. The maximum atomic E-state index is 11.8. The maximum Gasteiger partial charge on any atom is 0.249 e. The Morgan fingerprint density at radius 2 is 1.62 bits per heavy atom. The first-order valence-electron chi connectivity index (χ1n) is 9.25. The molecule has 0 fully saturated rings. The summed E-state index contributed by atoms with van der Waals surface area (Å²) in [7, 11) is 0. The first-order valence-corrected chi connectivity index (χ1v) is 9.63. The van der Waals surface area contributed by atoms with Crippen LogP contribution in [0.1, 0.15) is 5.69 Å². The molecule has 3 heterocycles. The molecule has 0 aliphatic carbocycles. The van der Waals surface area contributed by atoms with Crippen LogP contribution in [-0.4, -0.2) is 15.0 Å². The van der Waals surface area contributed by atoms with E-state index in [1.54, 1.807) is 6.07 Å². The van der Waals surface area contributed by atoms with Gasteiger partial charge in [0.1, 0.15) is 5.65 Å². The van der Waals surface area contributed by atoms with Gasteiger partial charge in [-0.2, -0.15) is 0 Å². The van der Waals surface area contributed by atoms with Gasteiger partial charge in [-0.3, -0.25) is 9.78 Å². The second kappa shape index (κ2) is 6.83. The Labute approximate surface area is 171 Å². The number of aromatic amines is 1. The molecule has 2 aromatic carbocycles. The average Bonchev–Trinajstić information content (AvgIpc) is 2.74. The van der Waals surface area contributed by atoms with E-state index in [0.29, 0.717) is 10.7 Å². The van der Waals surface area contributed by atoms with Gasteiger partial charge in [0.25, 0.3) is 0 Å². The van der Waals surface area contributed by atoms with E-state index < -0.39 is 0 Å². The lowest BCUT2D eigenvalue weighted by Crippen LogP contribution is -2.04. The normalized spacial score (nSPS) is 11.2. The summed E-state index contributed by atoms with van der Waals surface area (Å²) in [6.45, 7) is 1.95. The monoisotopic (exact) mass is 397 g/mol. The number of hydrogen-bond acceptors (Lipinski definition) is 3. The zero-order valence-electron chi connectivity index (χ0n) is 15.6. The second-order valence-corrected chi connectivity index (χ2v) is 7.40. The van der Waals surface area contributed by atoms with Crippen molar-refractivity contribution in [3.63, 3.8) is 0 Å².